The minimum atomic E-state index is -0.685. The Morgan fingerprint density at radius 1 is 0.412 bits per heavy atom. The van der Waals surface area contributed by atoms with E-state index in [1.165, 1.54) is 176 Å². The van der Waals surface area contributed by atoms with Gasteiger partial charge in [-0.25, -0.2) is 0 Å². The number of halogens is 4. The molecule has 6 aromatic carbocycles. The van der Waals surface area contributed by atoms with E-state index in [0.717, 1.165) is 182 Å². The molecule has 6 aromatic rings. The number of carbonyl (C=O) groups is 4. The molecule has 17 aliphatic rings. The number of aryl methyl sites for hydroxylation is 1. The van der Waals surface area contributed by atoms with Gasteiger partial charge in [0.15, 0.2) is 0 Å². The number of benzene rings is 6. The van der Waals surface area contributed by atoms with Gasteiger partial charge in [0.05, 0.1) is 55.4 Å². The minimum Gasteiger partial charge on any atom is -0.481 e. The number of rotatable bonds is 41. The molecule has 4 N–H and O–H groups in total. The standard InChI is InChI=1S/C31H48ClNO3.C31H41NO2.C21H28O2.C19H23NO2.C12H19I.C4H8O.CH2Cl2/c32-12-6-1-2-7-14-35-16-17-36-15-13-33-30(34)29(21-25-8-4-3-5-9-25)10-11-31-22-26-18-27(23-31)20-28(19-26)24-31;1-22(29(33)27-11-7-4-8-12-27)32(2)30(34)28(18-23-9-5-3-6-10-23)13-14-31-19-24-15-25(20-31)17-26(16-24)21-31;22-20(23)19(11-15-4-2-1-3-5-15)6-7-21-12-16-8-17(13-21)10-18(9-16)14-21;1-15(19(22)17-11-7-4-8-12-17)20(2)18(21)14-13-16-9-5-3-6-10-16;13-2-1-12-6-9-3-10(7-12)5-11(4-9)8-12;1-2-4-5-3-1;2-1-3/h3-5,8-9,26-29H,1-2,6-7,10-24H2,(H,33,34);3-12,22,24-26,28-29,33H,13-21H2,1-2H3;1-5,16-19H,6-14H2,(H,22,23);3-12,15,19,22H,13-14H2,1-2H3;9-11H,1-8H2;1-4H2;1H2/t26?,27?,28?,29-,31?;22-,24?,25?,26?,28-,29+,31?;16?,17?,18?,19-,21?;15-,19+;;;/m0000.../s1. The van der Waals surface area contributed by atoms with Crippen molar-refractivity contribution < 1.29 is 48.7 Å². The number of aliphatic hydroxyl groups is 2. The second-order valence-corrected chi connectivity index (χ2v) is 47.7. The fourth-order valence-electron chi connectivity index (χ4n) is 29.6. The fourth-order valence-corrected chi connectivity index (χ4v) is 31.0. The third-order valence-corrected chi connectivity index (χ3v) is 35.8. The molecule has 16 bridgehead atoms. The molecule has 0 spiro atoms. The summed E-state index contributed by atoms with van der Waals surface area (Å²) in [4.78, 5) is 54.6. The number of carbonyl (C=O) groups excluding carboxylic acids is 3. The zero-order chi connectivity index (χ0) is 95.7. The molecule has 0 aromatic heterocycles. The Kier molecular flexibility index (Phi) is 43.5. The zero-order valence-electron chi connectivity index (χ0n) is 83.2. The lowest BCUT2D eigenvalue weighted by atomic mass is 9.48. The normalized spacial score (nSPS) is 29.1. The van der Waals surface area contributed by atoms with Crippen molar-refractivity contribution >= 4 is 81.1 Å². The smallest absolute Gasteiger partial charge is 0.306 e. The zero-order valence-corrected chi connectivity index (χ0v) is 87.6. The number of ether oxygens (including phenoxy) is 3. The summed E-state index contributed by atoms with van der Waals surface area (Å²) < 4.78 is 17.7. The predicted molar refractivity (Wildman–Crippen MR) is 565 cm³/mol. The highest BCUT2D eigenvalue weighted by Gasteiger charge is 2.55. The monoisotopic (exact) mass is 2030 g/mol. The number of nitrogens with zero attached hydrogens (tertiary/aromatic N) is 2. The van der Waals surface area contributed by atoms with Crippen LogP contribution in [0.1, 0.15) is 303 Å². The lowest BCUT2D eigenvalue weighted by Gasteiger charge is -2.57. The summed E-state index contributed by atoms with van der Waals surface area (Å²) in [6.45, 7) is 8.93. The molecule has 0 unspecified atom stereocenters. The molecular weight excluding hydrogens is 1860 g/mol. The van der Waals surface area contributed by atoms with Crippen LogP contribution in [0.25, 0.3) is 0 Å². The molecule has 0 radical (unpaired) electrons. The van der Waals surface area contributed by atoms with Crippen molar-refractivity contribution in [2.45, 2.75) is 308 Å². The second-order valence-electron chi connectivity index (χ2n) is 45.4. The van der Waals surface area contributed by atoms with Gasteiger partial charge >= 0.3 is 5.97 Å². The van der Waals surface area contributed by atoms with E-state index in [-0.39, 0.29) is 52.9 Å². The highest BCUT2D eigenvalue weighted by molar-refractivity contribution is 14.1. The van der Waals surface area contributed by atoms with Crippen molar-refractivity contribution in [1.29, 1.82) is 0 Å². The highest BCUT2D eigenvalue weighted by atomic mass is 127. The van der Waals surface area contributed by atoms with Gasteiger partial charge in [0.25, 0.3) is 0 Å². The molecule has 1 saturated heterocycles. The Hall–Kier alpha value is -5.40. The van der Waals surface area contributed by atoms with E-state index in [2.05, 4.69) is 94.6 Å². The number of unbranched alkanes of at least 4 members (excludes halogenated alkanes) is 3. The van der Waals surface area contributed by atoms with E-state index in [1.807, 2.05) is 141 Å². The van der Waals surface area contributed by atoms with E-state index in [4.69, 9.17) is 49.0 Å². The van der Waals surface area contributed by atoms with Crippen LogP contribution in [-0.2, 0) is 59.1 Å². The first-order valence-corrected chi connectivity index (χ1v) is 56.7. The number of carboxylic acid groups (broad SMARTS) is 1. The number of likely N-dealkylation sites (N-methyl/N-ethyl adjacent to an activating group) is 2. The largest absolute Gasteiger partial charge is 0.481 e. The second kappa shape index (κ2) is 54.9. The van der Waals surface area contributed by atoms with Crippen LogP contribution >= 0.6 is 57.4 Å². The maximum atomic E-state index is 13.9. The summed E-state index contributed by atoms with van der Waals surface area (Å²) >= 11 is 17.8. The average Bonchev–Trinajstić information content (AvgIpc) is 1.05. The molecule has 17 fully saturated rings. The molecule has 136 heavy (non-hydrogen) atoms. The number of nitrogens with one attached hydrogen (secondary N) is 1. The van der Waals surface area contributed by atoms with E-state index >= 15 is 0 Å². The van der Waals surface area contributed by atoms with Crippen LogP contribution in [0.15, 0.2) is 182 Å². The van der Waals surface area contributed by atoms with Crippen molar-refractivity contribution in [3.8, 4) is 0 Å². The first kappa shape index (κ1) is 108. The Morgan fingerprint density at radius 2 is 0.721 bits per heavy atom. The third kappa shape index (κ3) is 32.8. The third-order valence-electron chi connectivity index (χ3n) is 34.9. The number of alkyl halides is 4. The van der Waals surface area contributed by atoms with Gasteiger partial charge in [-0.1, -0.05) is 217 Å². The van der Waals surface area contributed by atoms with Gasteiger partial charge in [0.2, 0.25) is 17.7 Å². The van der Waals surface area contributed by atoms with Crippen molar-refractivity contribution in [1.82, 2.24) is 15.1 Å². The fraction of sp³-hybridized carbons (Fsp3) is 0.664. The lowest BCUT2D eigenvalue weighted by Crippen LogP contribution is -2.47. The first-order chi connectivity index (χ1) is 66.0. The Morgan fingerprint density at radius 3 is 1.07 bits per heavy atom. The van der Waals surface area contributed by atoms with Crippen molar-refractivity contribution in [2.75, 3.05) is 75.9 Å². The lowest BCUT2D eigenvalue weighted by molar-refractivity contribution is -0.143. The Balaban J connectivity index is 0.000000145. The van der Waals surface area contributed by atoms with E-state index in [0.29, 0.717) is 55.5 Å². The van der Waals surface area contributed by atoms with Crippen LogP contribution in [0.5, 0.6) is 0 Å². The first-order valence-electron chi connectivity index (χ1n) is 53.6. The summed E-state index contributed by atoms with van der Waals surface area (Å²) in [5.74, 6) is 12.4. The maximum absolute atomic E-state index is 13.9. The van der Waals surface area contributed by atoms with Crippen LogP contribution in [0.4, 0.5) is 0 Å². The van der Waals surface area contributed by atoms with Gasteiger partial charge in [-0.05, 0) is 390 Å². The molecule has 1 aliphatic heterocycles. The quantitative estimate of drug-likeness (QED) is 0.0164. The van der Waals surface area contributed by atoms with Gasteiger partial charge in [-0.2, -0.15) is 0 Å². The van der Waals surface area contributed by atoms with Crippen LogP contribution in [-0.4, -0.2) is 137 Å². The number of aliphatic hydroxyl groups excluding tert-OH is 2. The van der Waals surface area contributed by atoms with Crippen molar-refractivity contribution in [2.24, 2.45) is 110 Å². The highest BCUT2D eigenvalue weighted by Crippen LogP contribution is 2.66. The van der Waals surface area contributed by atoms with Gasteiger partial charge in [-0.15, -0.1) is 34.8 Å². The van der Waals surface area contributed by atoms with Crippen molar-refractivity contribution in [3.63, 3.8) is 0 Å². The predicted octanol–water partition coefficient (Wildman–Crippen LogP) is 27.6. The number of amides is 3. The van der Waals surface area contributed by atoms with E-state index in [9.17, 15) is 34.5 Å². The van der Waals surface area contributed by atoms with Crippen molar-refractivity contribution in [3.05, 3.63) is 215 Å². The van der Waals surface area contributed by atoms with E-state index < -0.39 is 18.2 Å². The SMILES string of the molecule is C1CCOC1.C[C@@H]([C@@H](O)c1ccccc1)N(C)C(=O)CCc1ccccc1.C[C@@H]([C@@H](O)c1ccccc1)N(C)C(=O)[C@@H](CCC12CC3CC(CC(C3)C1)C2)Cc1ccccc1.ClCCl.ICCC12CC3CC(CC(C3)C1)C2.O=C(NCCOCCOCCCCCCCl)[C@@H](CCC12CC3CC(CC(C3)C1)C2)Cc1ccccc1.O=C(O)[C@@H](CCC12CC3CC(CC(C3)C1)C2)Cc1ccccc1. The molecule has 748 valence electrons. The number of aliphatic carboxylic acids is 1. The number of hydrogen-bond donors (Lipinski definition) is 4. The summed E-state index contributed by atoms with van der Waals surface area (Å²) in [5, 5.41) is 34.4. The average molecular weight is 2030 g/mol. The molecule has 1 heterocycles. The van der Waals surface area contributed by atoms with Crippen LogP contribution < -0.4 is 5.32 Å². The van der Waals surface area contributed by atoms with E-state index in [1.54, 1.807) is 50.5 Å². The minimum absolute atomic E-state index is 0.0363. The van der Waals surface area contributed by atoms with Crippen LogP contribution in [0, 0.1) is 110 Å². The van der Waals surface area contributed by atoms with Gasteiger partial charge < -0.3 is 44.6 Å². The number of hydrogen-bond acceptors (Lipinski definition) is 9. The topological polar surface area (TPSA) is 175 Å². The maximum Gasteiger partial charge on any atom is 0.306 e. The molecule has 16 saturated carbocycles. The molecular formula is C119H169Cl3IN3O10. The number of carboxylic acids is 1. The Labute approximate surface area is 848 Å². The molecule has 13 nitrogen and oxygen atoms in total. The molecule has 3 amide bonds. The molecule has 23 rings (SSSR count). The summed E-state index contributed by atoms with van der Waals surface area (Å²) in [6, 6.07) is 59.7. The molecule has 7 atom stereocenters. The summed E-state index contributed by atoms with van der Waals surface area (Å²) in [5.41, 5.74) is 8.85. The van der Waals surface area contributed by atoms with Gasteiger partial charge in [0.1, 0.15) is 0 Å². The van der Waals surface area contributed by atoms with Gasteiger partial charge in [0, 0.05) is 69.0 Å². The molecule has 17 heteroatoms. The Bertz CT molecular complexity index is 4290. The van der Waals surface area contributed by atoms with Crippen LogP contribution in [0.2, 0.25) is 0 Å². The summed E-state index contributed by atoms with van der Waals surface area (Å²) in [7, 11) is 3.63. The van der Waals surface area contributed by atoms with Gasteiger partial charge in [-0.3, -0.25) is 19.2 Å². The summed E-state index contributed by atoms with van der Waals surface area (Å²) in [6.07, 6.45) is 52.5. The van der Waals surface area contributed by atoms with Crippen LogP contribution in [0.3, 0.4) is 0 Å². The molecule has 16 aliphatic carbocycles.